The lowest BCUT2D eigenvalue weighted by molar-refractivity contribution is 0.00647. The van der Waals surface area contributed by atoms with E-state index in [-0.39, 0.29) is 5.56 Å². The summed E-state index contributed by atoms with van der Waals surface area (Å²) in [5.74, 6) is -1.40. The van der Waals surface area contributed by atoms with E-state index in [1.54, 1.807) is 26.8 Å². The molecule has 1 rings (SSSR count). The predicted molar refractivity (Wildman–Crippen MR) is 72.7 cm³/mol. The summed E-state index contributed by atoms with van der Waals surface area (Å²) < 4.78 is 19.1. The highest BCUT2D eigenvalue weighted by atomic mass is 19.1. The topological polar surface area (TPSA) is 55.7 Å². The number of rotatable bonds is 4. The number of halogens is 1. The summed E-state index contributed by atoms with van der Waals surface area (Å²) in [4.78, 5) is 25.7. The van der Waals surface area contributed by atoms with Crippen LogP contribution in [0, 0.1) is 5.82 Å². The predicted octanol–water partition coefficient (Wildman–Crippen LogP) is 3.57. The van der Waals surface area contributed by atoms with Crippen molar-refractivity contribution in [3.63, 3.8) is 0 Å². The first kappa shape index (κ1) is 16.1. The van der Waals surface area contributed by atoms with E-state index in [4.69, 9.17) is 4.74 Å². The number of carbonyl (C=O) groups excluding carboxylic acids is 2. The Morgan fingerprint density at radius 3 is 2.55 bits per heavy atom. The average molecular weight is 279 g/mol. The van der Waals surface area contributed by atoms with E-state index in [2.05, 4.69) is 4.99 Å². The molecule has 0 saturated heterocycles. The second-order valence-electron chi connectivity index (χ2n) is 5.39. The fourth-order valence-electron chi connectivity index (χ4n) is 1.70. The lowest BCUT2D eigenvalue weighted by Gasteiger charge is -2.20. The Bertz CT molecular complexity index is 543. The van der Waals surface area contributed by atoms with Crippen molar-refractivity contribution in [2.24, 2.45) is 4.99 Å². The van der Waals surface area contributed by atoms with Crippen LogP contribution in [0.25, 0.3) is 0 Å². The maximum absolute atomic E-state index is 14.0. The summed E-state index contributed by atoms with van der Waals surface area (Å²) in [6, 6.07) is 3.67. The fraction of sp³-hybridized carbons (Fsp3) is 0.467. The number of hydrogen-bond donors (Lipinski definition) is 0. The van der Waals surface area contributed by atoms with E-state index < -0.39 is 23.4 Å². The molecule has 0 bridgehead atoms. The molecule has 4 nitrogen and oxygen atoms in total. The van der Waals surface area contributed by atoms with E-state index in [1.165, 1.54) is 18.2 Å². The standard InChI is InChI=1S/C15H18FNO3/c1-5-13(17-9-18)10-6-7-11(12(16)8-10)14(19)20-15(2,3)4/h6-8,13H,5H2,1-4H3. The van der Waals surface area contributed by atoms with Gasteiger partial charge in [-0.25, -0.2) is 14.0 Å². The second kappa shape index (κ2) is 6.44. The molecule has 1 aromatic carbocycles. The van der Waals surface area contributed by atoms with Gasteiger partial charge in [-0.2, -0.15) is 4.99 Å². The number of benzene rings is 1. The van der Waals surface area contributed by atoms with Crippen LogP contribution in [-0.4, -0.2) is 17.7 Å². The highest BCUT2D eigenvalue weighted by Gasteiger charge is 2.21. The molecule has 5 heteroatoms. The van der Waals surface area contributed by atoms with Gasteiger partial charge in [0.2, 0.25) is 6.08 Å². The Labute approximate surface area is 117 Å². The van der Waals surface area contributed by atoms with Gasteiger partial charge in [0.15, 0.2) is 0 Å². The molecule has 20 heavy (non-hydrogen) atoms. The van der Waals surface area contributed by atoms with Gasteiger partial charge in [0.05, 0.1) is 11.6 Å². The Balaban J connectivity index is 3.04. The molecule has 1 unspecified atom stereocenters. The average Bonchev–Trinajstić information content (AvgIpc) is 2.33. The minimum Gasteiger partial charge on any atom is -0.456 e. The number of carbonyl (C=O) groups is 1. The molecule has 0 aromatic heterocycles. The van der Waals surface area contributed by atoms with Crippen LogP contribution in [0.1, 0.15) is 56.1 Å². The highest BCUT2D eigenvalue weighted by Crippen LogP contribution is 2.23. The molecule has 0 aliphatic heterocycles. The monoisotopic (exact) mass is 279 g/mol. The first-order valence-electron chi connectivity index (χ1n) is 6.38. The Morgan fingerprint density at radius 1 is 1.45 bits per heavy atom. The zero-order chi connectivity index (χ0) is 15.3. The molecule has 0 radical (unpaired) electrons. The zero-order valence-corrected chi connectivity index (χ0v) is 12.1. The molecule has 108 valence electrons. The van der Waals surface area contributed by atoms with Crippen molar-refractivity contribution in [2.45, 2.75) is 45.8 Å². The van der Waals surface area contributed by atoms with Crippen LogP contribution in [0.5, 0.6) is 0 Å². The van der Waals surface area contributed by atoms with Crippen LogP contribution in [-0.2, 0) is 9.53 Å². The van der Waals surface area contributed by atoms with Crippen LogP contribution in [0.2, 0.25) is 0 Å². The smallest absolute Gasteiger partial charge is 0.341 e. The van der Waals surface area contributed by atoms with Gasteiger partial charge < -0.3 is 4.74 Å². The molecule has 0 N–H and O–H groups in total. The van der Waals surface area contributed by atoms with Crippen LogP contribution in [0.3, 0.4) is 0 Å². The van der Waals surface area contributed by atoms with Crippen molar-refractivity contribution in [3.8, 4) is 0 Å². The number of nitrogens with zero attached hydrogens (tertiary/aromatic N) is 1. The third kappa shape index (κ3) is 4.28. The van der Waals surface area contributed by atoms with Crippen LogP contribution in [0.15, 0.2) is 23.2 Å². The van der Waals surface area contributed by atoms with E-state index in [9.17, 15) is 14.0 Å². The molecule has 0 fully saturated rings. The lowest BCUT2D eigenvalue weighted by atomic mass is 10.0. The summed E-state index contributed by atoms with van der Waals surface area (Å²) in [6.45, 7) is 6.96. The zero-order valence-electron chi connectivity index (χ0n) is 12.1. The minimum atomic E-state index is -0.714. The number of esters is 1. The quantitative estimate of drug-likeness (QED) is 0.481. The number of isocyanates is 1. The van der Waals surface area contributed by atoms with E-state index >= 15 is 0 Å². The van der Waals surface area contributed by atoms with Gasteiger partial charge >= 0.3 is 5.97 Å². The van der Waals surface area contributed by atoms with Gasteiger partial charge in [-0.1, -0.05) is 13.0 Å². The second-order valence-corrected chi connectivity index (χ2v) is 5.39. The van der Waals surface area contributed by atoms with Crippen molar-refractivity contribution in [3.05, 3.63) is 35.1 Å². The maximum atomic E-state index is 14.0. The third-order valence-electron chi connectivity index (χ3n) is 2.59. The Hall–Kier alpha value is -2.00. The molecular formula is C15H18FNO3. The normalized spacial score (nSPS) is 12.4. The maximum Gasteiger partial charge on any atom is 0.341 e. The summed E-state index contributed by atoms with van der Waals surface area (Å²) in [7, 11) is 0. The molecule has 0 heterocycles. The van der Waals surface area contributed by atoms with E-state index in [0.29, 0.717) is 12.0 Å². The van der Waals surface area contributed by atoms with Crippen LogP contribution in [0.4, 0.5) is 4.39 Å². The van der Waals surface area contributed by atoms with Crippen LogP contribution >= 0.6 is 0 Å². The van der Waals surface area contributed by atoms with Crippen molar-refractivity contribution in [2.75, 3.05) is 0 Å². The molecule has 0 aliphatic rings. The molecule has 0 amide bonds. The van der Waals surface area contributed by atoms with Crippen molar-refractivity contribution in [1.29, 1.82) is 0 Å². The Morgan fingerprint density at radius 2 is 2.10 bits per heavy atom. The SMILES string of the molecule is CCC(N=C=O)c1ccc(C(=O)OC(C)(C)C)c(F)c1. The molecule has 1 aromatic rings. The van der Waals surface area contributed by atoms with Crippen molar-refractivity contribution in [1.82, 2.24) is 0 Å². The summed E-state index contributed by atoms with van der Waals surface area (Å²) in [5.41, 5.74) is -0.287. The summed E-state index contributed by atoms with van der Waals surface area (Å²) >= 11 is 0. The first-order valence-corrected chi connectivity index (χ1v) is 6.38. The fourth-order valence-corrected chi connectivity index (χ4v) is 1.70. The number of ether oxygens (including phenoxy) is 1. The Kier molecular flexibility index (Phi) is 5.17. The van der Waals surface area contributed by atoms with Gasteiger partial charge in [-0.3, -0.25) is 0 Å². The van der Waals surface area contributed by atoms with Gasteiger partial charge in [0.25, 0.3) is 0 Å². The van der Waals surface area contributed by atoms with Crippen molar-refractivity contribution < 1.29 is 18.7 Å². The molecule has 1 atom stereocenters. The van der Waals surface area contributed by atoms with Gasteiger partial charge in [0.1, 0.15) is 11.4 Å². The molecule has 0 spiro atoms. The van der Waals surface area contributed by atoms with Gasteiger partial charge in [-0.15, -0.1) is 0 Å². The highest BCUT2D eigenvalue weighted by molar-refractivity contribution is 5.90. The van der Waals surface area contributed by atoms with Crippen molar-refractivity contribution >= 4 is 12.0 Å². The van der Waals surface area contributed by atoms with Gasteiger partial charge in [0, 0.05) is 0 Å². The number of aliphatic imine (C=N–C) groups is 1. The summed E-state index contributed by atoms with van der Waals surface area (Å²) in [5, 5.41) is 0. The van der Waals surface area contributed by atoms with Gasteiger partial charge in [-0.05, 0) is 44.9 Å². The first-order chi connectivity index (χ1) is 9.28. The number of hydrogen-bond acceptors (Lipinski definition) is 4. The largest absolute Gasteiger partial charge is 0.456 e. The molecule has 0 aliphatic carbocycles. The third-order valence-corrected chi connectivity index (χ3v) is 2.59. The molecular weight excluding hydrogens is 261 g/mol. The summed E-state index contributed by atoms with van der Waals surface area (Å²) in [6.07, 6.45) is 2.01. The lowest BCUT2D eigenvalue weighted by Crippen LogP contribution is -2.24. The van der Waals surface area contributed by atoms with Crippen LogP contribution < -0.4 is 0 Å². The van der Waals surface area contributed by atoms with E-state index in [1.807, 2.05) is 6.92 Å². The minimum absolute atomic E-state index is 0.131. The molecule has 0 saturated carbocycles. The van der Waals surface area contributed by atoms with E-state index in [0.717, 1.165) is 0 Å².